The molecule has 1 aliphatic rings. The van der Waals surface area contributed by atoms with Crippen molar-refractivity contribution >= 4 is 11.7 Å². The summed E-state index contributed by atoms with van der Waals surface area (Å²) in [5.41, 5.74) is 2.32. The Morgan fingerprint density at radius 3 is 2.81 bits per heavy atom. The number of nitrogens with one attached hydrogen (secondary N) is 2. The van der Waals surface area contributed by atoms with E-state index in [0.29, 0.717) is 30.5 Å². The number of amides is 1. The van der Waals surface area contributed by atoms with Gasteiger partial charge >= 0.3 is 0 Å². The zero-order valence-electron chi connectivity index (χ0n) is 15.3. The number of imidazole rings is 1. The summed E-state index contributed by atoms with van der Waals surface area (Å²) in [6.07, 6.45) is 5.46. The van der Waals surface area contributed by atoms with Gasteiger partial charge in [0.2, 0.25) is 0 Å². The Morgan fingerprint density at radius 2 is 2.07 bits per heavy atom. The highest BCUT2D eigenvalue weighted by atomic mass is 16.5. The van der Waals surface area contributed by atoms with Crippen molar-refractivity contribution in [2.24, 2.45) is 0 Å². The van der Waals surface area contributed by atoms with Gasteiger partial charge in [-0.1, -0.05) is 5.16 Å². The third kappa shape index (κ3) is 3.81. The second-order valence-corrected chi connectivity index (χ2v) is 6.62. The van der Waals surface area contributed by atoms with Crippen molar-refractivity contribution in [2.75, 3.05) is 18.4 Å². The molecule has 1 saturated carbocycles. The Morgan fingerprint density at radius 1 is 1.22 bits per heavy atom. The van der Waals surface area contributed by atoms with E-state index >= 15 is 0 Å². The van der Waals surface area contributed by atoms with E-state index in [4.69, 9.17) is 4.52 Å². The third-order valence-corrected chi connectivity index (χ3v) is 4.61. The van der Waals surface area contributed by atoms with Crippen LogP contribution in [-0.4, -0.2) is 43.7 Å². The third-order valence-electron chi connectivity index (χ3n) is 4.61. The highest BCUT2D eigenvalue weighted by Crippen LogP contribution is 2.40. The van der Waals surface area contributed by atoms with E-state index in [1.54, 1.807) is 12.4 Å². The number of carbonyl (C=O) groups excluding carboxylic acids is 1. The molecule has 0 unspecified atom stereocenters. The van der Waals surface area contributed by atoms with E-state index in [2.05, 4.69) is 30.7 Å². The molecule has 1 fully saturated rings. The van der Waals surface area contributed by atoms with E-state index in [9.17, 15) is 4.79 Å². The smallest absolute Gasteiger partial charge is 0.273 e. The summed E-state index contributed by atoms with van der Waals surface area (Å²) in [5, 5.41) is 9.83. The van der Waals surface area contributed by atoms with E-state index < -0.39 is 0 Å². The van der Waals surface area contributed by atoms with Crippen LogP contribution in [-0.2, 0) is 0 Å². The summed E-state index contributed by atoms with van der Waals surface area (Å²) >= 11 is 0. The summed E-state index contributed by atoms with van der Waals surface area (Å²) < 4.78 is 7.11. The van der Waals surface area contributed by atoms with Crippen LogP contribution in [0.4, 0.5) is 5.82 Å². The van der Waals surface area contributed by atoms with Crippen molar-refractivity contribution in [2.45, 2.75) is 32.6 Å². The molecule has 9 heteroatoms. The van der Waals surface area contributed by atoms with Crippen LogP contribution >= 0.6 is 0 Å². The fourth-order valence-electron chi connectivity index (χ4n) is 2.72. The first-order valence-corrected chi connectivity index (χ1v) is 8.93. The Balaban J connectivity index is 1.29. The second kappa shape index (κ2) is 7.18. The molecule has 1 amide bonds. The van der Waals surface area contributed by atoms with Gasteiger partial charge in [-0.15, -0.1) is 0 Å². The molecule has 0 bridgehead atoms. The number of anilines is 1. The van der Waals surface area contributed by atoms with Gasteiger partial charge in [-0.2, -0.15) is 0 Å². The van der Waals surface area contributed by atoms with Gasteiger partial charge < -0.3 is 15.2 Å². The van der Waals surface area contributed by atoms with Crippen LogP contribution in [0.15, 0.2) is 29.3 Å². The minimum atomic E-state index is -0.236. The van der Waals surface area contributed by atoms with Crippen LogP contribution in [0.5, 0.6) is 0 Å². The van der Waals surface area contributed by atoms with Gasteiger partial charge in [-0.05, 0) is 26.7 Å². The molecule has 0 saturated heterocycles. The largest absolute Gasteiger partial charge is 0.368 e. The lowest BCUT2D eigenvalue weighted by Gasteiger charge is -2.09. The lowest BCUT2D eigenvalue weighted by molar-refractivity contribution is 0.0946. The van der Waals surface area contributed by atoms with Crippen LogP contribution in [0.1, 0.15) is 46.4 Å². The predicted molar refractivity (Wildman–Crippen MR) is 97.9 cm³/mol. The molecule has 9 nitrogen and oxygen atoms in total. The molecule has 3 heterocycles. The number of aromatic nitrogens is 5. The minimum absolute atomic E-state index is 0.236. The maximum absolute atomic E-state index is 12.1. The zero-order chi connectivity index (χ0) is 18.8. The van der Waals surface area contributed by atoms with Gasteiger partial charge in [-0.25, -0.2) is 15.0 Å². The van der Waals surface area contributed by atoms with E-state index in [1.165, 1.54) is 6.33 Å². The molecule has 3 aromatic rings. The number of aryl methyl sites for hydroxylation is 1. The zero-order valence-corrected chi connectivity index (χ0v) is 15.3. The molecule has 1 aliphatic carbocycles. The van der Waals surface area contributed by atoms with Crippen molar-refractivity contribution in [1.82, 2.24) is 30.0 Å². The maximum atomic E-state index is 12.1. The van der Waals surface area contributed by atoms with Gasteiger partial charge in [0.15, 0.2) is 5.69 Å². The van der Waals surface area contributed by atoms with Gasteiger partial charge in [-0.3, -0.25) is 9.36 Å². The first-order valence-electron chi connectivity index (χ1n) is 8.93. The highest BCUT2D eigenvalue weighted by Gasteiger charge is 2.28. The van der Waals surface area contributed by atoms with Crippen molar-refractivity contribution in [3.63, 3.8) is 0 Å². The van der Waals surface area contributed by atoms with Crippen LogP contribution < -0.4 is 10.6 Å². The van der Waals surface area contributed by atoms with Gasteiger partial charge in [0.25, 0.3) is 5.91 Å². The van der Waals surface area contributed by atoms with Gasteiger partial charge in [0, 0.05) is 36.8 Å². The molecular weight excluding hydrogens is 346 g/mol. The normalized spacial score (nSPS) is 13.6. The van der Waals surface area contributed by atoms with E-state index in [0.717, 1.165) is 35.8 Å². The fourth-order valence-corrected chi connectivity index (χ4v) is 2.72. The standard InChI is InChI=1S/C18H21N7O2/c1-11-12(2)25(10-23-11)17-8-16(21-9-22-17)19-5-6-20-18(26)14-7-15(27-24-14)13-3-4-13/h7-10,13H,3-6H2,1-2H3,(H,20,26)(H,19,21,22). The monoisotopic (exact) mass is 367 g/mol. The Kier molecular flexibility index (Phi) is 4.57. The lowest BCUT2D eigenvalue weighted by atomic mass is 10.3. The molecular formula is C18H21N7O2. The van der Waals surface area contributed by atoms with Crippen molar-refractivity contribution in [3.05, 3.63) is 47.6 Å². The quantitative estimate of drug-likeness (QED) is 0.614. The first kappa shape index (κ1) is 17.2. The molecule has 4 rings (SSSR count). The number of carbonyl (C=O) groups is 1. The van der Waals surface area contributed by atoms with Crippen LogP contribution in [0.25, 0.3) is 5.82 Å². The number of nitrogens with zero attached hydrogens (tertiary/aromatic N) is 5. The predicted octanol–water partition coefficient (Wildman–Crippen LogP) is 1.99. The molecule has 0 spiro atoms. The molecule has 0 aliphatic heterocycles. The molecule has 3 aromatic heterocycles. The SMILES string of the molecule is Cc1ncn(-c2cc(NCCNC(=O)c3cc(C4CC4)on3)ncn2)c1C. The Labute approximate surface area is 156 Å². The average molecular weight is 367 g/mol. The fraction of sp³-hybridized carbons (Fsp3) is 0.389. The van der Waals surface area contributed by atoms with Gasteiger partial charge in [0.05, 0.1) is 5.69 Å². The number of hydrogen-bond acceptors (Lipinski definition) is 7. The maximum Gasteiger partial charge on any atom is 0.273 e. The second-order valence-electron chi connectivity index (χ2n) is 6.62. The summed E-state index contributed by atoms with van der Waals surface area (Å²) in [6, 6.07) is 3.57. The van der Waals surface area contributed by atoms with Crippen molar-refractivity contribution in [3.8, 4) is 5.82 Å². The lowest BCUT2D eigenvalue weighted by Crippen LogP contribution is -2.29. The Hall–Kier alpha value is -3.23. The summed E-state index contributed by atoms with van der Waals surface area (Å²) in [5.74, 6) is 2.43. The van der Waals surface area contributed by atoms with Crippen LogP contribution in [0, 0.1) is 13.8 Å². The highest BCUT2D eigenvalue weighted by molar-refractivity contribution is 5.92. The minimum Gasteiger partial charge on any atom is -0.368 e. The summed E-state index contributed by atoms with van der Waals surface area (Å²) in [4.78, 5) is 24.9. The van der Waals surface area contributed by atoms with E-state index in [-0.39, 0.29) is 5.91 Å². The van der Waals surface area contributed by atoms with Crippen molar-refractivity contribution in [1.29, 1.82) is 0 Å². The van der Waals surface area contributed by atoms with E-state index in [1.807, 2.05) is 24.5 Å². The topological polar surface area (TPSA) is 111 Å². The molecule has 140 valence electrons. The first-order chi connectivity index (χ1) is 13.1. The number of hydrogen-bond donors (Lipinski definition) is 2. The molecule has 0 radical (unpaired) electrons. The summed E-state index contributed by atoms with van der Waals surface area (Å²) in [6.45, 7) is 4.91. The van der Waals surface area contributed by atoms with Crippen molar-refractivity contribution < 1.29 is 9.32 Å². The summed E-state index contributed by atoms with van der Waals surface area (Å²) in [7, 11) is 0. The molecule has 27 heavy (non-hydrogen) atoms. The number of rotatable bonds is 7. The van der Waals surface area contributed by atoms with Gasteiger partial charge in [0.1, 0.15) is 30.1 Å². The average Bonchev–Trinajstić information content (AvgIpc) is 3.31. The molecule has 0 aromatic carbocycles. The molecule has 2 N–H and O–H groups in total. The van der Waals surface area contributed by atoms with Crippen LogP contribution in [0.3, 0.4) is 0 Å². The van der Waals surface area contributed by atoms with Crippen LogP contribution in [0.2, 0.25) is 0 Å². The Bertz CT molecular complexity index is 958. The molecule has 0 atom stereocenters.